The van der Waals surface area contributed by atoms with Gasteiger partial charge in [-0.2, -0.15) is 0 Å². The third kappa shape index (κ3) is 5.43. The smallest absolute Gasteiger partial charge is 0.337 e. The van der Waals surface area contributed by atoms with E-state index in [0.29, 0.717) is 17.8 Å². The molecule has 0 aromatic heterocycles. The maximum atomic E-state index is 12.5. The Balaban J connectivity index is 2.03. The van der Waals surface area contributed by atoms with Crippen LogP contribution < -0.4 is 5.32 Å². The average molecular weight is 354 g/mol. The van der Waals surface area contributed by atoms with Gasteiger partial charge >= 0.3 is 5.97 Å². The summed E-state index contributed by atoms with van der Waals surface area (Å²) in [5, 5.41) is 2.90. The first-order valence-electron chi connectivity index (χ1n) is 8.69. The zero-order valence-corrected chi connectivity index (χ0v) is 15.8. The van der Waals surface area contributed by atoms with Gasteiger partial charge < -0.3 is 10.1 Å². The lowest BCUT2D eigenvalue weighted by Gasteiger charge is -2.20. The van der Waals surface area contributed by atoms with Gasteiger partial charge in [0.15, 0.2) is 0 Å². The van der Waals surface area contributed by atoms with Crippen molar-refractivity contribution in [2.24, 2.45) is 0 Å². The van der Waals surface area contributed by atoms with Crippen molar-refractivity contribution < 1.29 is 14.3 Å². The minimum Gasteiger partial charge on any atom is -0.465 e. The Morgan fingerprint density at radius 1 is 1.12 bits per heavy atom. The number of methoxy groups -OCH3 is 1. The second-order valence-corrected chi connectivity index (χ2v) is 6.36. The standard InChI is InChI=1S/C21H26N2O3/c1-5-23(13-17-8-6-7-15(2)11-17)14-20(24)22-19-12-18(21(25)26-4)10-9-16(19)3/h6-12H,5,13-14H2,1-4H3,(H,22,24). The zero-order chi connectivity index (χ0) is 19.1. The predicted octanol–water partition coefficient (Wildman–Crippen LogP) is 3.55. The molecule has 0 fully saturated rings. The third-order valence-electron chi connectivity index (χ3n) is 4.24. The van der Waals surface area contributed by atoms with Gasteiger partial charge in [-0.15, -0.1) is 0 Å². The summed E-state index contributed by atoms with van der Waals surface area (Å²) in [6.45, 7) is 7.75. The summed E-state index contributed by atoms with van der Waals surface area (Å²) in [5.41, 5.74) is 4.33. The molecular weight excluding hydrogens is 328 g/mol. The number of hydrogen-bond acceptors (Lipinski definition) is 4. The van der Waals surface area contributed by atoms with Crippen LogP contribution in [0.5, 0.6) is 0 Å². The molecule has 0 radical (unpaired) electrons. The Bertz CT molecular complexity index is 787. The van der Waals surface area contributed by atoms with Crippen LogP contribution in [0.25, 0.3) is 0 Å². The fourth-order valence-corrected chi connectivity index (χ4v) is 2.74. The maximum absolute atomic E-state index is 12.5. The van der Waals surface area contributed by atoms with Gasteiger partial charge in [0.2, 0.25) is 5.91 Å². The van der Waals surface area contributed by atoms with Gasteiger partial charge in [-0.25, -0.2) is 4.79 Å². The molecular formula is C21H26N2O3. The Labute approximate surface area is 155 Å². The normalized spacial score (nSPS) is 10.7. The van der Waals surface area contributed by atoms with Crippen LogP contribution in [-0.2, 0) is 16.1 Å². The Kier molecular flexibility index (Phi) is 6.92. The van der Waals surface area contributed by atoms with E-state index in [1.165, 1.54) is 18.2 Å². The van der Waals surface area contributed by atoms with E-state index in [1.54, 1.807) is 18.2 Å². The monoisotopic (exact) mass is 354 g/mol. The number of ether oxygens (including phenoxy) is 1. The SMILES string of the molecule is CCN(CC(=O)Nc1cc(C(=O)OC)ccc1C)Cc1cccc(C)c1. The number of benzene rings is 2. The lowest BCUT2D eigenvalue weighted by molar-refractivity contribution is -0.117. The van der Waals surface area contributed by atoms with Crippen molar-refractivity contribution in [3.8, 4) is 0 Å². The van der Waals surface area contributed by atoms with E-state index in [9.17, 15) is 9.59 Å². The zero-order valence-electron chi connectivity index (χ0n) is 15.8. The number of likely N-dealkylation sites (N-methyl/N-ethyl adjacent to an activating group) is 1. The van der Waals surface area contributed by atoms with Gasteiger partial charge in [-0.3, -0.25) is 9.69 Å². The molecule has 138 valence electrons. The van der Waals surface area contributed by atoms with Crippen LogP contribution in [0.4, 0.5) is 5.69 Å². The molecule has 2 aromatic rings. The molecule has 2 aromatic carbocycles. The summed E-state index contributed by atoms with van der Waals surface area (Å²) in [6, 6.07) is 13.4. The van der Waals surface area contributed by atoms with E-state index in [-0.39, 0.29) is 12.5 Å². The van der Waals surface area contributed by atoms with Gasteiger partial charge in [0, 0.05) is 12.2 Å². The molecule has 0 heterocycles. The molecule has 5 heteroatoms. The molecule has 0 spiro atoms. The highest BCUT2D eigenvalue weighted by Gasteiger charge is 2.13. The predicted molar refractivity (Wildman–Crippen MR) is 103 cm³/mol. The molecule has 0 saturated carbocycles. The van der Waals surface area contributed by atoms with Crippen molar-refractivity contribution >= 4 is 17.6 Å². The summed E-state index contributed by atoms with van der Waals surface area (Å²) < 4.78 is 4.73. The number of carbonyl (C=O) groups is 2. The number of nitrogens with zero attached hydrogens (tertiary/aromatic N) is 1. The first-order valence-corrected chi connectivity index (χ1v) is 8.69. The lowest BCUT2D eigenvalue weighted by Crippen LogP contribution is -2.33. The van der Waals surface area contributed by atoms with Crippen LogP contribution in [-0.4, -0.2) is 37.0 Å². The van der Waals surface area contributed by atoms with E-state index in [2.05, 4.69) is 35.3 Å². The molecule has 0 saturated heterocycles. The molecule has 26 heavy (non-hydrogen) atoms. The Morgan fingerprint density at radius 2 is 1.88 bits per heavy atom. The largest absolute Gasteiger partial charge is 0.465 e. The molecule has 0 aliphatic rings. The van der Waals surface area contributed by atoms with Crippen molar-refractivity contribution in [1.29, 1.82) is 0 Å². The first-order chi connectivity index (χ1) is 12.4. The van der Waals surface area contributed by atoms with E-state index >= 15 is 0 Å². The minimum absolute atomic E-state index is 0.107. The van der Waals surface area contributed by atoms with E-state index in [0.717, 1.165) is 12.1 Å². The number of amides is 1. The van der Waals surface area contributed by atoms with Crippen molar-refractivity contribution in [3.05, 3.63) is 64.7 Å². The topological polar surface area (TPSA) is 58.6 Å². The highest BCUT2D eigenvalue weighted by molar-refractivity contribution is 5.96. The van der Waals surface area contributed by atoms with Crippen molar-refractivity contribution in [1.82, 2.24) is 4.90 Å². The van der Waals surface area contributed by atoms with Crippen LogP contribution >= 0.6 is 0 Å². The number of anilines is 1. The maximum Gasteiger partial charge on any atom is 0.337 e. The van der Waals surface area contributed by atoms with Gasteiger partial charge in [-0.1, -0.05) is 42.8 Å². The molecule has 1 amide bonds. The number of esters is 1. The van der Waals surface area contributed by atoms with Gasteiger partial charge in [0.1, 0.15) is 0 Å². The Hall–Kier alpha value is -2.66. The molecule has 0 atom stereocenters. The summed E-state index contributed by atoms with van der Waals surface area (Å²) in [4.78, 5) is 26.2. The van der Waals surface area contributed by atoms with Gasteiger partial charge in [0.05, 0.1) is 19.2 Å². The molecule has 1 N–H and O–H groups in total. The number of nitrogens with one attached hydrogen (secondary N) is 1. The van der Waals surface area contributed by atoms with Gasteiger partial charge in [0.25, 0.3) is 0 Å². The summed E-state index contributed by atoms with van der Waals surface area (Å²) in [6.07, 6.45) is 0. The van der Waals surface area contributed by atoms with Gasteiger partial charge in [-0.05, 0) is 43.7 Å². The van der Waals surface area contributed by atoms with Crippen LogP contribution in [0, 0.1) is 13.8 Å². The molecule has 0 aliphatic carbocycles. The number of rotatable bonds is 7. The summed E-state index contributed by atoms with van der Waals surface area (Å²) in [5.74, 6) is -0.528. The van der Waals surface area contributed by atoms with Crippen LogP contribution in [0.15, 0.2) is 42.5 Å². The van der Waals surface area contributed by atoms with Crippen LogP contribution in [0.2, 0.25) is 0 Å². The van der Waals surface area contributed by atoms with Crippen molar-refractivity contribution in [3.63, 3.8) is 0 Å². The number of hydrogen-bond donors (Lipinski definition) is 1. The number of carbonyl (C=O) groups excluding carboxylic acids is 2. The molecule has 2 rings (SSSR count). The molecule has 0 unspecified atom stereocenters. The second-order valence-electron chi connectivity index (χ2n) is 6.36. The fraction of sp³-hybridized carbons (Fsp3) is 0.333. The molecule has 0 aliphatic heterocycles. The summed E-state index contributed by atoms with van der Waals surface area (Å²) in [7, 11) is 1.34. The quantitative estimate of drug-likeness (QED) is 0.773. The fourth-order valence-electron chi connectivity index (χ4n) is 2.74. The highest BCUT2D eigenvalue weighted by Crippen LogP contribution is 2.18. The summed E-state index contributed by atoms with van der Waals surface area (Å²) >= 11 is 0. The average Bonchev–Trinajstić information content (AvgIpc) is 2.62. The van der Waals surface area contributed by atoms with E-state index in [1.807, 2.05) is 19.9 Å². The highest BCUT2D eigenvalue weighted by atomic mass is 16.5. The first kappa shape index (κ1) is 19.7. The van der Waals surface area contributed by atoms with Crippen LogP contribution in [0.3, 0.4) is 0 Å². The minimum atomic E-state index is -0.421. The Morgan fingerprint density at radius 3 is 2.54 bits per heavy atom. The lowest BCUT2D eigenvalue weighted by atomic mass is 10.1. The second kappa shape index (κ2) is 9.15. The van der Waals surface area contributed by atoms with E-state index < -0.39 is 5.97 Å². The van der Waals surface area contributed by atoms with E-state index in [4.69, 9.17) is 4.74 Å². The van der Waals surface area contributed by atoms with Crippen molar-refractivity contribution in [2.45, 2.75) is 27.3 Å². The van der Waals surface area contributed by atoms with Crippen molar-refractivity contribution in [2.75, 3.05) is 25.5 Å². The van der Waals surface area contributed by atoms with Crippen LogP contribution in [0.1, 0.15) is 34.0 Å². The molecule has 0 bridgehead atoms. The third-order valence-corrected chi connectivity index (χ3v) is 4.24. The molecule has 5 nitrogen and oxygen atoms in total. The number of aryl methyl sites for hydroxylation is 2.